The van der Waals surface area contributed by atoms with Crippen molar-refractivity contribution >= 4 is 54.6 Å². The molecule has 5 aromatic rings. The molecule has 0 aliphatic heterocycles. The van der Waals surface area contributed by atoms with E-state index < -0.39 is 22.0 Å². The molecule has 4 aromatic carbocycles. The van der Waals surface area contributed by atoms with Crippen LogP contribution < -0.4 is 10.0 Å². The molecule has 0 spiro atoms. The largest absolute Gasteiger partial charge is 0.480 e. The number of furan rings is 1. The van der Waals surface area contributed by atoms with E-state index in [-0.39, 0.29) is 30.2 Å². The Morgan fingerprint density at radius 1 is 0.838 bits per heavy atom. The van der Waals surface area contributed by atoms with Crippen molar-refractivity contribution < 1.29 is 27.5 Å². The van der Waals surface area contributed by atoms with E-state index in [1.54, 1.807) is 12.1 Å². The van der Waals surface area contributed by atoms with Crippen molar-refractivity contribution in [3.05, 3.63) is 90.5 Å². The molecule has 1 atom stereocenters. The number of nitrogens with one attached hydrogen (secondary N) is 2. The summed E-state index contributed by atoms with van der Waals surface area (Å²) in [7, 11) is -4.17. The molecule has 188 valence electrons. The average molecular weight is 517 g/mol. The highest BCUT2D eigenvalue weighted by atomic mass is 32.2. The second kappa shape index (κ2) is 10.0. The number of carboxylic acid groups (broad SMARTS) is 1. The molecule has 0 radical (unpaired) electrons. The molecule has 1 amide bonds. The van der Waals surface area contributed by atoms with E-state index in [9.17, 15) is 23.1 Å². The number of benzene rings is 4. The fourth-order valence-electron chi connectivity index (χ4n) is 4.36. The Morgan fingerprint density at radius 3 is 2.35 bits per heavy atom. The van der Waals surface area contributed by atoms with E-state index in [4.69, 9.17) is 4.42 Å². The van der Waals surface area contributed by atoms with Crippen LogP contribution in [0, 0.1) is 0 Å². The van der Waals surface area contributed by atoms with Crippen LogP contribution in [0.15, 0.2) is 94.2 Å². The van der Waals surface area contributed by atoms with Crippen LogP contribution in [0.5, 0.6) is 0 Å². The van der Waals surface area contributed by atoms with Crippen LogP contribution in [0.1, 0.15) is 18.4 Å². The second-order valence-corrected chi connectivity index (χ2v) is 10.4. The van der Waals surface area contributed by atoms with Gasteiger partial charge >= 0.3 is 5.97 Å². The van der Waals surface area contributed by atoms with E-state index >= 15 is 0 Å². The summed E-state index contributed by atoms with van der Waals surface area (Å²) < 4.78 is 34.0. The van der Waals surface area contributed by atoms with Gasteiger partial charge in [0.1, 0.15) is 17.2 Å². The molecule has 0 saturated heterocycles. The lowest BCUT2D eigenvalue weighted by Gasteiger charge is -2.15. The average Bonchev–Trinajstić information content (AvgIpc) is 3.27. The minimum absolute atomic E-state index is 0.0850. The van der Waals surface area contributed by atoms with Crippen LogP contribution >= 0.6 is 0 Å². The zero-order valence-electron chi connectivity index (χ0n) is 19.7. The third kappa shape index (κ3) is 5.18. The molecule has 9 heteroatoms. The maximum atomic E-state index is 13.0. The van der Waals surface area contributed by atoms with E-state index in [2.05, 4.69) is 10.0 Å². The van der Waals surface area contributed by atoms with Crippen molar-refractivity contribution in [3.63, 3.8) is 0 Å². The van der Waals surface area contributed by atoms with Crippen LogP contribution in [-0.4, -0.2) is 31.4 Å². The van der Waals surface area contributed by atoms with E-state index in [0.29, 0.717) is 16.6 Å². The van der Waals surface area contributed by atoms with Gasteiger partial charge in [-0.1, -0.05) is 60.7 Å². The molecule has 3 N–H and O–H groups in total. The van der Waals surface area contributed by atoms with Crippen molar-refractivity contribution in [2.75, 3.05) is 0 Å². The normalized spacial score (nSPS) is 12.6. The lowest BCUT2D eigenvalue weighted by atomic mass is 10.0. The van der Waals surface area contributed by atoms with Crippen LogP contribution in [0.2, 0.25) is 0 Å². The molecule has 37 heavy (non-hydrogen) atoms. The molecule has 0 bridgehead atoms. The van der Waals surface area contributed by atoms with Crippen molar-refractivity contribution in [1.82, 2.24) is 10.0 Å². The Hall–Kier alpha value is -4.21. The van der Waals surface area contributed by atoms with Crippen LogP contribution in [0.4, 0.5) is 0 Å². The van der Waals surface area contributed by atoms with Crippen molar-refractivity contribution in [2.24, 2.45) is 0 Å². The quantitative estimate of drug-likeness (QED) is 0.264. The van der Waals surface area contributed by atoms with E-state index in [0.717, 1.165) is 21.7 Å². The van der Waals surface area contributed by atoms with Gasteiger partial charge in [-0.15, -0.1) is 0 Å². The summed E-state index contributed by atoms with van der Waals surface area (Å²) in [5, 5.41) is 15.9. The lowest BCUT2D eigenvalue weighted by molar-refractivity contribution is -0.139. The maximum absolute atomic E-state index is 13.0. The summed E-state index contributed by atoms with van der Waals surface area (Å²) in [6.45, 7) is 0.280. The molecular weight excluding hydrogens is 492 g/mol. The van der Waals surface area contributed by atoms with Crippen LogP contribution in [0.3, 0.4) is 0 Å². The van der Waals surface area contributed by atoms with Crippen molar-refractivity contribution in [3.8, 4) is 0 Å². The summed E-state index contributed by atoms with van der Waals surface area (Å²) in [5.41, 5.74) is 2.08. The van der Waals surface area contributed by atoms with Gasteiger partial charge in [0.2, 0.25) is 15.9 Å². The Balaban J connectivity index is 1.25. The first-order chi connectivity index (χ1) is 17.8. The summed E-state index contributed by atoms with van der Waals surface area (Å²) in [6, 6.07) is 23.8. The van der Waals surface area contributed by atoms with Crippen molar-refractivity contribution in [2.45, 2.75) is 30.3 Å². The first kappa shape index (κ1) is 24.5. The van der Waals surface area contributed by atoms with Gasteiger partial charge in [0.25, 0.3) is 0 Å². The van der Waals surface area contributed by atoms with E-state index in [1.165, 1.54) is 12.1 Å². The molecule has 5 rings (SSSR count). The second-order valence-electron chi connectivity index (χ2n) is 8.72. The van der Waals surface area contributed by atoms with Gasteiger partial charge in [0.05, 0.1) is 4.90 Å². The third-order valence-corrected chi connectivity index (χ3v) is 7.74. The minimum atomic E-state index is -4.17. The number of sulfonamides is 1. The van der Waals surface area contributed by atoms with Gasteiger partial charge in [0, 0.05) is 23.7 Å². The number of fused-ring (bicyclic) bond motifs is 4. The summed E-state index contributed by atoms with van der Waals surface area (Å²) in [4.78, 5) is 24.2. The number of carbonyl (C=O) groups is 2. The molecule has 0 fully saturated rings. The smallest absolute Gasteiger partial charge is 0.321 e. The molecule has 8 nitrogen and oxygen atoms in total. The molecule has 1 unspecified atom stereocenters. The van der Waals surface area contributed by atoms with Gasteiger partial charge in [-0.2, -0.15) is 4.72 Å². The molecule has 1 aromatic heterocycles. The van der Waals surface area contributed by atoms with Crippen LogP contribution in [-0.2, 0) is 26.2 Å². The Bertz CT molecular complexity index is 1740. The zero-order chi connectivity index (χ0) is 26.0. The summed E-state index contributed by atoms with van der Waals surface area (Å²) in [6.07, 6.45) is -0.359. The molecular formula is C28H24N2O6S. The van der Waals surface area contributed by atoms with E-state index in [1.807, 2.05) is 60.7 Å². The summed E-state index contributed by atoms with van der Waals surface area (Å²) >= 11 is 0. The Morgan fingerprint density at radius 2 is 1.54 bits per heavy atom. The fourth-order valence-corrected chi connectivity index (χ4v) is 5.61. The predicted molar refractivity (Wildman–Crippen MR) is 140 cm³/mol. The van der Waals surface area contributed by atoms with Crippen molar-refractivity contribution in [1.29, 1.82) is 0 Å². The highest BCUT2D eigenvalue weighted by molar-refractivity contribution is 7.89. The van der Waals surface area contributed by atoms with Gasteiger partial charge < -0.3 is 14.8 Å². The molecule has 1 heterocycles. The lowest BCUT2D eigenvalue weighted by Crippen LogP contribution is -2.41. The third-order valence-electron chi connectivity index (χ3n) is 6.27. The SMILES string of the molecule is O=C(CCC(NS(=O)(=O)c1ccc2oc3ccccc3c2c1)C(=O)O)NCc1cccc2ccccc12. The molecule has 0 saturated carbocycles. The highest BCUT2D eigenvalue weighted by Gasteiger charge is 2.26. The number of hydrogen-bond acceptors (Lipinski definition) is 5. The molecule has 0 aliphatic carbocycles. The number of para-hydroxylation sites is 1. The monoisotopic (exact) mass is 516 g/mol. The minimum Gasteiger partial charge on any atom is -0.480 e. The van der Waals surface area contributed by atoms with Gasteiger partial charge in [-0.05, 0) is 47.0 Å². The standard InChI is InChI=1S/C28H24N2O6S/c31-27(29-17-19-8-5-7-18-6-1-2-9-21(18)19)15-13-24(28(32)33)30-37(34,35)20-12-14-26-23(16-20)22-10-3-4-11-25(22)36-26/h1-12,14,16,24,30H,13,15,17H2,(H,29,31)(H,32,33). The Kier molecular flexibility index (Phi) is 6.64. The number of carbonyl (C=O) groups excluding carboxylic acids is 1. The number of carboxylic acids is 1. The highest BCUT2D eigenvalue weighted by Crippen LogP contribution is 2.30. The fraction of sp³-hybridized carbons (Fsp3) is 0.143. The number of amides is 1. The zero-order valence-corrected chi connectivity index (χ0v) is 20.5. The van der Waals surface area contributed by atoms with Crippen LogP contribution in [0.25, 0.3) is 32.7 Å². The van der Waals surface area contributed by atoms with Gasteiger partial charge in [-0.25, -0.2) is 8.42 Å². The predicted octanol–water partition coefficient (Wildman–Crippen LogP) is 4.57. The van der Waals surface area contributed by atoms with Gasteiger partial charge in [-0.3, -0.25) is 9.59 Å². The number of hydrogen-bond donors (Lipinski definition) is 3. The Labute approximate surface area is 212 Å². The first-order valence-electron chi connectivity index (χ1n) is 11.7. The first-order valence-corrected chi connectivity index (χ1v) is 13.2. The topological polar surface area (TPSA) is 126 Å². The maximum Gasteiger partial charge on any atom is 0.321 e. The summed E-state index contributed by atoms with van der Waals surface area (Å²) in [5.74, 6) is -1.73. The molecule has 0 aliphatic rings. The number of aliphatic carboxylic acids is 1. The number of rotatable bonds is 9. The van der Waals surface area contributed by atoms with Gasteiger partial charge in [0.15, 0.2) is 0 Å².